The third-order valence-corrected chi connectivity index (χ3v) is 5.32. The molecule has 0 atom stereocenters. The van der Waals surface area contributed by atoms with Crippen LogP contribution in [0.4, 0.5) is 5.95 Å². The zero-order valence-corrected chi connectivity index (χ0v) is 15.0. The van der Waals surface area contributed by atoms with Gasteiger partial charge < -0.3 is 14.8 Å². The summed E-state index contributed by atoms with van der Waals surface area (Å²) in [6.45, 7) is 2.21. The summed E-state index contributed by atoms with van der Waals surface area (Å²) in [5.74, 6) is 1.16. The zero-order chi connectivity index (χ0) is 17.1. The molecule has 25 heavy (non-hydrogen) atoms. The summed E-state index contributed by atoms with van der Waals surface area (Å²) < 4.78 is 13.0. The molecule has 1 saturated heterocycles. The van der Waals surface area contributed by atoms with E-state index in [-0.39, 0.29) is 0 Å². The Morgan fingerprint density at radius 1 is 1.20 bits per heavy atom. The molecule has 0 radical (unpaired) electrons. The van der Waals surface area contributed by atoms with E-state index in [1.54, 1.807) is 10.7 Å². The van der Waals surface area contributed by atoms with Gasteiger partial charge in [-0.05, 0) is 31.6 Å². The van der Waals surface area contributed by atoms with Crippen molar-refractivity contribution in [2.75, 3.05) is 25.1 Å². The van der Waals surface area contributed by atoms with Crippen LogP contribution in [0.15, 0.2) is 6.20 Å². The van der Waals surface area contributed by atoms with E-state index >= 15 is 0 Å². The third kappa shape index (κ3) is 3.98. The Kier molecular flexibility index (Phi) is 5.22. The molecule has 0 aromatic carbocycles. The van der Waals surface area contributed by atoms with Crippen molar-refractivity contribution in [3.8, 4) is 6.01 Å². The van der Waals surface area contributed by atoms with Crippen LogP contribution in [0.25, 0.3) is 5.52 Å². The maximum absolute atomic E-state index is 6.21. The highest BCUT2D eigenvalue weighted by molar-refractivity contribution is 6.32. The van der Waals surface area contributed by atoms with Gasteiger partial charge in [0.2, 0.25) is 5.95 Å². The fourth-order valence-corrected chi connectivity index (χ4v) is 3.76. The predicted molar refractivity (Wildman–Crippen MR) is 95.3 cm³/mol. The summed E-state index contributed by atoms with van der Waals surface area (Å²) in [6, 6.07) is 0.778. The number of rotatable bonds is 5. The molecule has 136 valence electrons. The SMILES string of the molecule is Clc1nc(OCC2CCCCC2)n2nc(NC3CCOCC3)ncc12. The summed E-state index contributed by atoms with van der Waals surface area (Å²) in [7, 11) is 0. The summed E-state index contributed by atoms with van der Waals surface area (Å²) in [5, 5.41) is 8.27. The lowest BCUT2D eigenvalue weighted by Crippen LogP contribution is -2.29. The molecule has 1 aliphatic heterocycles. The van der Waals surface area contributed by atoms with Crippen molar-refractivity contribution in [3.63, 3.8) is 0 Å². The average Bonchev–Trinajstić information content (AvgIpc) is 2.97. The van der Waals surface area contributed by atoms with E-state index in [9.17, 15) is 0 Å². The Morgan fingerprint density at radius 3 is 2.80 bits per heavy atom. The van der Waals surface area contributed by atoms with Gasteiger partial charge in [-0.1, -0.05) is 30.9 Å². The van der Waals surface area contributed by atoms with Gasteiger partial charge in [0.1, 0.15) is 5.52 Å². The van der Waals surface area contributed by atoms with Crippen molar-refractivity contribution in [2.24, 2.45) is 5.92 Å². The number of halogens is 1. The van der Waals surface area contributed by atoms with Crippen molar-refractivity contribution in [2.45, 2.75) is 51.0 Å². The summed E-state index contributed by atoms with van der Waals surface area (Å²) in [5.41, 5.74) is 0.665. The smallest absolute Gasteiger partial charge is 0.319 e. The maximum atomic E-state index is 6.21. The number of nitrogens with one attached hydrogen (secondary N) is 1. The van der Waals surface area contributed by atoms with Crippen LogP contribution in [-0.4, -0.2) is 45.4 Å². The summed E-state index contributed by atoms with van der Waals surface area (Å²) in [4.78, 5) is 8.68. The normalized spacial score (nSPS) is 20.0. The van der Waals surface area contributed by atoms with Gasteiger partial charge in [0, 0.05) is 19.3 Å². The van der Waals surface area contributed by atoms with E-state index in [1.165, 1.54) is 32.1 Å². The van der Waals surface area contributed by atoms with Crippen LogP contribution in [-0.2, 0) is 4.74 Å². The van der Waals surface area contributed by atoms with E-state index in [1.807, 2.05) is 0 Å². The van der Waals surface area contributed by atoms with Crippen molar-refractivity contribution >= 4 is 23.1 Å². The van der Waals surface area contributed by atoms with Crippen LogP contribution < -0.4 is 10.1 Å². The van der Waals surface area contributed by atoms with Gasteiger partial charge in [-0.25, -0.2) is 4.98 Å². The number of ether oxygens (including phenoxy) is 2. The highest BCUT2D eigenvalue weighted by Gasteiger charge is 2.19. The van der Waals surface area contributed by atoms with Crippen molar-refractivity contribution < 1.29 is 9.47 Å². The highest BCUT2D eigenvalue weighted by Crippen LogP contribution is 2.26. The van der Waals surface area contributed by atoms with E-state index in [0.29, 0.717) is 41.2 Å². The lowest BCUT2D eigenvalue weighted by molar-refractivity contribution is 0.0903. The number of aromatic nitrogens is 4. The van der Waals surface area contributed by atoms with Crippen LogP contribution in [0.5, 0.6) is 6.01 Å². The standard InChI is InChI=1S/C17H24ClN5O2/c18-15-14-10-19-16(20-13-6-8-24-9-7-13)22-23(14)17(21-15)25-11-12-4-2-1-3-5-12/h10,12-13H,1-9,11H2,(H,20,22). The minimum absolute atomic E-state index is 0.330. The first-order chi connectivity index (χ1) is 12.3. The molecule has 0 amide bonds. The van der Waals surface area contributed by atoms with Crippen molar-refractivity contribution in [1.29, 1.82) is 0 Å². The number of anilines is 1. The second-order valence-corrected chi connectivity index (χ2v) is 7.27. The average molecular weight is 366 g/mol. The number of fused-ring (bicyclic) bond motifs is 1. The van der Waals surface area contributed by atoms with Crippen LogP contribution in [0.3, 0.4) is 0 Å². The van der Waals surface area contributed by atoms with Crippen molar-refractivity contribution in [1.82, 2.24) is 19.6 Å². The molecule has 7 nitrogen and oxygen atoms in total. The Morgan fingerprint density at radius 2 is 2.00 bits per heavy atom. The molecule has 2 fully saturated rings. The van der Waals surface area contributed by atoms with E-state index < -0.39 is 0 Å². The van der Waals surface area contributed by atoms with Gasteiger partial charge in [0.15, 0.2) is 5.15 Å². The second-order valence-electron chi connectivity index (χ2n) is 6.91. The van der Waals surface area contributed by atoms with Gasteiger partial charge in [-0.2, -0.15) is 9.50 Å². The molecule has 0 bridgehead atoms. The molecule has 3 heterocycles. The van der Waals surface area contributed by atoms with E-state index in [0.717, 1.165) is 26.1 Å². The summed E-state index contributed by atoms with van der Waals surface area (Å²) >= 11 is 6.21. The number of hydrogen-bond donors (Lipinski definition) is 1. The van der Waals surface area contributed by atoms with E-state index in [2.05, 4.69) is 20.4 Å². The molecule has 4 rings (SSSR count). The van der Waals surface area contributed by atoms with Crippen LogP contribution in [0.1, 0.15) is 44.9 Å². The molecule has 8 heteroatoms. The minimum Gasteiger partial charge on any atom is -0.463 e. The van der Waals surface area contributed by atoms with Gasteiger partial charge in [-0.15, -0.1) is 5.10 Å². The maximum Gasteiger partial charge on any atom is 0.319 e. The van der Waals surface area contributed by atoms with Gasteiger partial charge in [0.05, 0.1) is 12.8 Å². The molecule has 2 aromatic heterocycles. The number of imidazole rings is 1. The fourth-order valence-electron chi connectivity index (χ4n) is 3.56. The summed E-state index contributed by atoms with van der Waals surface area (Å²) in [6.07, 6.45) is 9.97. The number of nitrogens with zero attached hydrogens (tertiary/aromatic N) is 4. The first kappa shape index (κ1) is 16.8. The molecule has 1 N–H and O–H groups in total. The monoisotopic (exact) mass is 365 g/mol. The molecule has 2 aromatic rings. The lowest BCUT2D eigenvalue weighted by Gasteiger charge is -2.23. The second kappa shape index (κ2) is 7.74. The topological polar surface area (TPSA) is 73.6 Å². The van der Waals surface area contributed by atoms with Crippen LogP contribution in [0.2, 0.25) is 5.15 Å². The fraction of sp³-hybridized carbons (Fsp3) is 0.706. The first-order valence-corrected chi connectivity index (χ1v) is 9.56. The lowest BCUT2D eigenvalue weighted by atomic mass is 9.90. The molecular weight excluding hydrogens is 342 g/mol. The highest BCUT2D eigenvalue weighted by atomic mass is 35.5. The molecule has 1 aliphatic carbocycles. The van der Waals surface area contributed by atoms with Crippen LogP contribution >= 0.6 is 11.6 Å². The Bertz CT molecular complexity index is 710. The minimum atomic E-state index is 0.330. The van der Waals surface area contributed by atoms with Gasteiger partial charge >= 0.3 is 6.01 Å². The Labute approximate surface area is 152 Å². The van der Waals surface area contributed by atoms with Gasteiger partial charge in [-0.3, -0.25) is 0 Å². The molecular formula is C17H24ClN5O2. The molecule has 0 unspecified atom stereocenters. The predicted octanol–water partition coefficient (Wildman–Crippen LogP) is 3.33. The first-order valence-electron chi connectivity index (χ1n) is 9.18. The van der Waals surface area contributed by atoms with Gasteiger partial charge in [0.25, 0.3) is 0 Å². The number of hydrogen-bond acceptors (Lipinski definition) is 6. The Hall–Kier alpha value is -1.60. The van der Waals surface area contributed by atoms with E-state index in [4.69, 9.17) is 21.1 Å². The molecule has 0 spiro atoms. The quantitative estimate of drug-likeness (QED) is 0.876. The zero-order valence-electron chi connectivity index (χ0n) is 14.3. The molecule has 2 aliphatic rings. The van der Waals surface area contributed by atoms with Crippen LogP contribution in [0, 0.1) is 5.92 Å². The Balaban J connectivity index is 1.48. The van der Waals surface area contributed by atoms with Crippen molar-refractivity contribution in [3.05, 3.63) is 11.3 Å². The largest absolute Gasteiger partial charge is 0.463 e. The third-order valence-electron chi connectivity index (χ3n) is 5.05. The molecule has 1 saturated carbocycles.